The Labute approximate surface area is 186 Å². The van der Waals surface area contributed by atoms with Crippen LogP contribution in [-0.2, 0) is 29.2 Å². The minimum absolute atomic E-state index is 0.0464. The Hall–Kier alpha value is -3.85. The molecule has 0 fully saturated rings. The SMILES string of the molecule is COC(=O)C1=C(C(=O)OC)N(c2ccc(C)c(S(=O)(=O)Oc3ccccc3)c2)C=CC=C1. The zero-order chi connectivity index (χ0) is 23.3. The van der Waals surface area contributed by atoms with Crippen LogP contribution in [0.5, 0.6) is 5.75 Å². The number of benzene rings is 2. The highest BCUT2D eigenvalue weighted by Crippen LogP contribution is 2.30. The van der Waals surface area contributed by atoms with Gasteiger partial charge in [-0.15, -0.1) is 0 Å². The minimum Gasteiger partial charge on any atom is -0.465 e. The van der Waals surface area contributed by atoms with Crippen LogP contribution in [0.15, 0.2) is 89.1 Å². The third-order valence-electron chi connectivity index (χ3n) is 4.56. The number of allylic oxidation sites excluding steroid dienone is 2. The van der Waals surface area contributed by atoms with E-state index in [-0.39, 0.29) is 21.9 Å². The van der Waals surface area contributed by atoms with Gasteiger partial charge in [0.2, 0.25) is 0 Å². The van der Waals surface area contributed by atoms with Gasteiger partial charge in [-0.1, -0.05) is 30.3 Å². The first kappa shape index (κ1) is 22.8. The van der Waals surface area contributed by atoms with Crippen LogP contribution >= 0.6 is 0 Å². The number of rotatable bonds is 6. The number of hydrogen-bond donors (Lipinski definition) is 0. The molecule has 8 nitrogen and oxygen atoms in total. The van der Waals surface area contributed by atoms with E-state index >= 15 is 0 Å². The maximum atomic E-state index is 13.0. The molecule has 0 saturated carbocycles. The molecule has 0 unspecified atom stereocenters. The Morgan fingerprint density at radius 1 is 0.906 bits per heavy atom. The first-order valence-electron chi connectivity index (χ1n) is 9.43. The molecule has 0 spiro atoms. The number of carbonyl (C=O) groups excluding carboxylic acids is 2. The number of carbonyl (C=O) groups is 2. The summed E-state index contributed by atoms with van der Waals surface area (Å²) in [5, 5.41) is 0. The minimum atomic E-state index is -4.18. The zero-order valence-electron chi connectivity index (χ0n) is 17.6. The van der Waals surface area contributed by atoms with Crippen LogP contribution in [0.2, 0.25) is 0 Å². The third kappa shape index (κ3) is 4.73. The number of ether oxygens (including phenoxy) is 2. The lowest BCUT2D eigenvalue weighted by Gasteiger charge is -2.24. The van der Waals surface area contributed by atoms with Crippen molar-refractivity contribution in [1.29, 1.82) is 0 Å². The highest BCUT2D eigenvalue weighted by molar-refractivity contribution is 7.87. The first-order valence-corrected chi connectivity index (χ1v) is 10.8. The number of methoxy groups -OCH3 is 2. The fraction of sp³-hybridized carbons (Fsp3) is 0.130. The van der Waals surface area contributed by atoms with Gasteiger partial charge in [-0.25, -0.2) is 9.59 Å². The van der Waals surface area contributed by atoms with Gasteiger partial charge in [0.05, 0.1) is 19.8 Å². The number of nitrogens with zero attached hydrogens (tertiary/aromatic N) is 1. The lowest BCUT2D eigenvalue weighted by Crippen LogP contribution is -2.27. The summed E-state index contributed by atoms with van der Waals surface area (Å²) in [5.74, 6) is -1.38. The van der Waals surface area contributed by atoms with Crippen molar-refractivity contribution in [3.63, 3.8) is 0 Å². The van der Waals surface area contributed by atoms with Gasteiger partial charge in [-0.05, 0) is 48.9 Å². The van der Waals surface area contributed by atoms with Crippen molar-refractivity contribution in [2.24, 2.45) is 0 Å². The van der Waals surface area contributed by atoms with Gasteiger partial charge in [0.25, 0.3) is 0 Å². The molecule has 1 heterocycles. The third-order valence-corrected chi connectivity index (χ3v) is 5.95. The van der Waals surface area contributed by atoms with Crippen LogP contribution in [0.3, 0.4) is 0 Å². The second kappa shape index (κ2) is 9.52. The van der Waals surface area contributed by atoms with Gasteiger partial charge >= 0.3 is 22.1 Å². The Balaban J connectivity index is 2.13. The van der Waals surface area contributed by atoms with Crippen molar-refractivity contribution >= 4 is 27.7 Å². The van der Waals surface area contributed by atoms with E-state index in [1.165, 1.54) is 49.6 Å². The summed E-state index contributed by atoms with van der Waals surface area (Å²) in [6, 6.07) is 12.7. The normalized spacial score (nSPS) is 13.5. The van der Waals surface area contributed by atoms with E-state index in [4.69, 9.17) is 13.7 Å². The number of hydrogen-bond acceptors (Lipinski definition) is 8. The van der Waals surface area contributed by atoms with Crippen molar-refractivity contribution in [3.8, 4) is 5.75 Å². The van der Waals surface area contributed by atoms with Crippen molar-refractivity contribution in [3.05, 3.63) is 89.8 Å². The quantitative estimate of drug-likeness (QED) is 0.484. The maximum absolute atomic E-state index is 13.0. The molecule has 32 heavy (non-hydrogen) atoms. The molecule has 0 radical (unpaired) electrons. The molecule has 9 heteroatoms. The van der Waals surface area contributed by atoms with Gasteiger partial charge in [0.15, 0.2) is 0 Å². The topological polar surface area (TPSA) is 99.2 Å². The molecule has 0 atom stereocenters. The monoisotopic (exact) mass is 455 g/mol. The predicted molar refractivity (Wildman–Crippen MR) is 117 cm³/mol. The van der Waals surface area contributed by atoms with Gasteiger partial charge in [0.1, 0.15) is 16.3 Å². The Morgan fingerprint density at radius 2 is 1.59 bits per heavy atom. The van der Waals surface area contributed by atoms with Crippen LogP contribution in [0.4, 0.5) is 5.69 Å². The summed E-state index contributed by atoms with van der Waals surface area (Å²) < 4.78 is 40.8. The molecule has 0 aromatic heterocycles. The van der Waals surface area contributed by atoms with E-state index in [0.29, 0.717) is 11.3 Å². The van der Waals surface area contributed by atoms with Crippen LogP contribution < -0.4 is 9.08 Å². The van der Waals surface area contributed by atoms with E-state index in [2.05, 4.69) is 0 Å². The number of esters is 2. The summed E-state index contributed by atoms with van der Waals surface area (Å²) in [6.07, 6.45) is 6.07. The molecule has 1 aliphatic heterocycles. The standard InChI is InChI=1S/C23H21NO7S/c1-16-12-13-17(15-20(16)32(27,28)31-18-9-5-4-6-10-18)24-14-8-7-11-19(22(25)29-2)21(24)23(26)30-3/h4-15H,1-3H3. The Bertz CT molecular complexity index is 1230. The smallest absolute Gasteiger partial charge is 0.355 e. The van der Waals surface area contributed by atoms with Crippen molar-refractivity contribution in [2.45, 2.75) is 11.8 Å². The van der Waals surface area contributed by atoms with Gasteiger partial charge in [0, 0.05) is 11.9 Å². The molecule has 2 aromatic rings. The number of anilines is 1. The maximum Gasteiger partial charge on any atom is 0.355 e. The molecular formula is C23H21NO7S. The first-order chi connectivity index (χ1) is 15.3. The molecule has 1 aliphatic rings. The van der Waals surface area contributed by atoms with E-state index in [0.717, 1.165) is 0 Å². The van der Waals surface area contributed by atoms with Crippen LogP contribution in [0.25, 0.3) is 0 Å². The van der Waals surface area contributed by atoms with Crippen LogP contribution in [-0.4, -0.2) is 34.6 Å². The van der Waals surface area contributed by atoms with E-state index in [1.54, 1.807) is 49.4 Å². The van der Waals surface area contributed by atoms with E-state index in [1.807, 2.05) is 0 Å². The predicted octanol–water partition coefficient (Wildman–Crippen LogP) is 3.25. The highest BCUT2D eigenvalue weighted by Gasteiger charge is 2.29. The molecule has 0 bridgehead atoms. The number of aryl methyl sites for hydroxylation is 1. The van der Waals surface area contributed by atoms with Crippen molar-refractivity contribution in [2.75, 3.05) is 19.1 Å². The van der Waals surface area contributed by atoms with Crippen molar-refractivity contribution < 1.29 is 31.7 Å². The van der Waals surface area contributed by atoms with E-state index in [9.17, 15) is 18.0 Å². The summed E-state index contributed by atoms with van der Waals surface area (Å²) in [5.41, 5.74) is 0.571. The van der Waals surface area contributed by atoms with Crippen LogP contribution in [0, 0.1) is 6.92 Å². The lowest BCUT2D eigenvalue weighted by atomic mass is 10.1. The zero-order valence-corrected chi connectivity index (χ0v) is 18.5. The van der Waals surface area contributed by atoms with Gasteiger partial charge in [-0.3, -0.25) is 0 Å². The number of para-hydroxylation sites is 1. The molecule has 0 aliphatic carbocycles. The summed E-state index contributed by atoms with van der Waals surface area (Å²) in [6.45, 7) is 1.63. The van der Waals surface area contributed by atoms with Gasteiger partial charge in [-0.2, -0.15) is 8.42 Å². The Morgan fingerprint density at radius 3 is 2.25 bits per heavy atom. The van der Waals surface area contributed by atoms with Crippen molar-refractivity contribution in [1.82, 2.24) is 0 Å². The van der Waals surface area contributed by atoms with Gasteiger partial charge < -0.3 is 18.6 Å². The average Bonchev–Trinajstić information content (AvgIpc) is 3.01. The molecule has 2 aromatic carbocycles. The average molecular weight is 455 g/mol. The Kier molecular flexibility index (Phi) is 6.79. The molecule has 166 valence electrons. The second-order valence-electron chi connectivity index (χ2n) is 6.62. The molecule has 0 amide bonds. The second-order valence-corrected chi connectivity index (χ2v) is 8.13. The molecule has 0 N–H and O–H groups in total. The molecule has 0 saturated heterocycles. The summed E-state index contributed by atoms with van der Waals surface area (Å²) in [4.78, 5) is 26.2. The fourth-order valence-corrected chi connectivity index (χ4v) is 4.20. The fourth-order valence-electron chi connectivity index (χ4n) is 3.02. The molecule has 3 rings (SSSR count). The lowest BCUT2D eigenvalue weighted by molar-refractivity contribution is -0.139. The highest BCUT2D eigenvalue weighted by atomic mass is 32.2. The summed E-state index contributed by atoms with van der Waals surface area (Å²) in [7, 11) is -1.81. The molecular weight excluding hydrogens is 434 g/mol. The summed E-state index contributed by atoms with van der Waals surface area (Å²) >= 11 is 0. The van der Waals surface area contributed by atoms with Crippen LogP contribution in [0.1, 0.15) is 5.56 Å². The van der Waals surface area contributed by atoms with E-state index < -0.39 is 22.1 Å². The largest absolute Gasteiger partial charge is 0.465 e.